The summed E-state index contributed by atoms with van der Waals surface area (Å²) in [4.78, 5) is 23.4. The fourth-order valence-corrected chi connectivity index (χ4v) is 2.40. The van der Waals surface area contributed by atoms with Crippen molar-refractivity contribution in [3.05, 3.63) is 65.7 Å². The van der Waals surface area contributed by atoms with Crippen molar-refractivity contribution in [3.8, 4) is 0 Å². The van der Waals surface area contributed by atoms with Crippen LogP contribution in [0.1, 0.15) is 35.8 Å². The number of primary amides is 1. The van der Waals surface area contributed by atoms with Crippen molar-refractivity contribution in [2.45, 2.75) is 19.9 Å². The van der Waals surface area contributed by atoms with Crippen molar-refractivity contribution in [2.24, 2.45) is 11.7 Å². The minimum absolute atomic E-state index is 0.0866. The maximum absolute atomic E-state index is 12.5. The number of nitrogens with two attached hydrogens (primary N) is 1. The third kappa shape index (κ3) is 4.57. The zero-order valence-corrected chi connectivity index (χ0v) is 13.2. The number of anilines is 1. The molecule has 5 nitrogen and oxygen atoms in total. The second-order valence-corrected chi connectivity index (χ2v) is 5.68. The first kappa shape index (κ1) is 16.5. The number of carbonyl (C=O) groups is 2. The van der Waals surface area contributed by atoms with Crippen molar-refractivity contribution in [3.63, 3.8) is 0 Å². The Bertz CT molecular complexity index is 684. The van der Waals surface area contributed by atoms with Gasteiger partial charge in [0.25, 0.3) is 5.91 Å². The van der Waals surface area contributed by atoms with Crippen LogP contribution in [0, 0.1) is 5.92 Å². The molecule has 0 spiro atoms. The predicted molar refractivity (Wildman–Crippen MR) is 91.1 cm³/mol. The Balaban J connectivity index is 2.18. The van der Waals surface area contributed by atoms with E-state index in [0.29, 0.717) is 11.3 Å². The Hall–Kier alpha value is -2.82. The second kappa shape index (κ2) is 7.45. The molecule has 23 heavy (non-hydrogen) atoms. The molecular weight excluding hydrogens is 290 g/mol. The van der Waals surface area contributed by atoms with Crippen LogP contribution in [-0.2, 0) is 0 Å². The molecular formula is C18H21N3O2. The zero-order chi connectivity index (χ0) is 16.8. The molecule has 0 unspecified atom stereocenters. The highest BCUT2D eigenvalue weighted by Gasteiger charge is 2.19. The highest BCUT2D eigenvalue weighted by molar-refractivity contribution is 5.96. The van der Waals surface area contributed by atoms with Gasteiger partial charge in [-0.05, 0) is 29.7 Å². The summed E-state index contributed by atoms with van der Waals surface area (Å²) in [5.74, 6) is 0.0500. The van der Waals surface area contributed by atoms with E-state index in [9.17, 15) is 9.59 Å². The molecule has 0 aliphatic rings. The van der Waals surface area contributed by atoms with Crippen molar-refractivity contribution < 1.29 is 9.59 Å². The number of benzene rings is 2. The lowest BCUT2D eigenvalue weighted by atomic mass is 9.95. The average Bonchev–Trinajstić information content (AvgIpc) is 2.52. The first-order chi connectivity index (χ1) is 11.0. The van der Waals surface area contributed by atoms with Crippen molar-refractivity contribution in [2.75, 3.05) is 5.32 Å². The molecule has 0 aromatic heterocycles. The Kier molecular flexibility index (Phi) is 5.36. The molecule has 2 rings (SSSR count). The molecule has 3 amide bonds. The van der Waals surface area contributed by atoms with Crippen LogP contribution in [0.3, 0.4) is 0 Å². The second-order valence-electron chi connectivity index (χ2n) is 5.68. The van der Waals surface area contributed by atoms with Crippen molar-refractivity contribution in [1.82, 2.24) is 5.32 Å². The quantitative estimate of drug-likeness (QED) is 0.791. The molecule has 2 aromatic rings. The van der Waals surface area contributed by atoms with Crippen molar-refractivity contribution in [1.29, 1.82) is 0 Å². The number of hydrogen-bond acceptors (Lipinski definition) is 2. The summed E-state index contributed by atoms with van der Waals surface area (Å²) in [7, 11) is 0. The standard InChI is InChI=1S/C18H21N3O2/c1-12(2)16(13-7-4-3-5-8-13)21-17(22)14-9-6-10-15(11-14)20-18(19)23/h3-12,16H,1-2H3,(H,21,22)(H3,19,20,23)/t16-/m1/s1. The molecule has 0 saturated heterocycles. The predicted octanol–water partition coefficient (Wildman–Crippen LogP) is 3.30. The van der Waals surface area contributed by atoms with Gasteiger partial charge in [0, 0.05) is 11.3 Å². The number of hydrogen-bond donors (Lipinski definition) is 3. The summed E-state index contributed by atoms with van der Waals surface area (Å²) in [6, 6.07) is 15.8. The normalized spacial score (nSPS) is 11.8. The molecule has 5 heteroatoms. The van der Waals surface area contributed by atoms with Gasteiger partial charge in [-0.25, -0.2) is 4.79 Å². The minimum atomic E-state index is -0.660. The maximum Gasteiger partial charge on any atom is 0.316 e. The highest BCUT2D eigenvalue weighted by atomic mass is 16.2. The van der Waals surface area contributed by atoms with Gasteiger partial charge in [-0.2, -0.15) is 0 Å². The topological polar surface area (TPSA) is 84.2 Å². The summed E-state index contributed by atoms with van der Waals surface area (Å²) in [6.07, 6.45) is 0. The van der Waals surface area contributed by atoms with Gasteiger partial charge >= 0.3 is 6.03 Å². The number of rotatable bonds is 5. The zero-order valence-electron chi connectivity index (χ0n) is 13.2. The lowest BCUT2D eigenvalue weighted by Gasteiger charge is -2.23. The van der Waals surface area contributed by atoms with Gasteiger partial charge in [0.1, 0.15) is 0 Å². The highest BCUT2D eigenvalue weighted by Crippen LogP contribution is 2.22. The number of amides is 3. The summed E-state index contributed by atoms with van der Waals surface area (Å²) < 4.78 is 0. The largest absolute Gasteiger partial charge is 0.351 e. The Labute approximate surface area is 135 Å². The molecule has 0 bridgehead atoms. The van der Waals surface area contributed by atoms with E-state index in [1.807, 2.05) is 30.3 Å². The van der Waals surface area contributed by atoms with Gasteiger partial charge in [0.2, 0.25) is 0 Å². The first-order valence-electron chi connectivity index (χ1n) is 7.49. The summed E-state index contributed by atoms with van der Waals surface area (Å²) >= 11 is 0. The van der Waals surface area contributed by atoms with E-state index in [4.69, 9.17) is 5.73 Å². The Morgan fingerprint density at radius 2 is 1.70 bits per heavy atom. The van der Waals surface area contributed by atoms with Crippen LogP contribution < -0.4 is 16.4 Å². The van der Waals surface area contributed by atoms with Gasteiger partial charge in [-0.1, -0.05) is 50.2 Å². The minimum Gasteiger partial charge on any atom is -0.351 e. The van der Waals surface area contributed by atoms with Gasteiger partial charge in [0.15, 0.2) is 0 Å². The van der Waals surface area contributed by atoms with Gasteiger partial charge in [0.05, 0.1) is 6.04 Å². The van der Waals surface area contributed by atoms with Gasteiger partial charge in [-0.3, -0.25) is 4.79 Å². The first-order valence-corrected chi connectivity index (χ1v) is 7.49. The van der Waals surface area contributed by atoms with Crippen LogP contribution in [-0.4, -0.2) is 11.9 Å². The third-order valence-electron chi connectivity index (χ3n) is 3.50. The smallest absolute Gasteiger partial charge is 0.316 e. The molecule has 1 atom stereocenters. The van der Waals surface area contributed by atoms with Gasteiger partial charge in [-0.15, -0.1) is 0 Å². The SMILES string of the molecule is CC(C)[C@@H](NC(=O)c1cccc(NC(N)=O)c1)c1ccccc1. The van der Waals surface area contributed by atoms with Crippen LogP contribution in [0.15, 0.2) is 54.6 Å². The summed E-state index contributed by atoms with van der Waals surface area (Å²) in [5.41, 5.74) is 7.12. The van der Waals surface area contributed by atoms with Crippen LogP contribution in [0.4, 0.5) is 10.5 Å². The molecule has 0 aliphatic carbocycles. The fraction of sp³-hybridized carbons (Fsp3) is 0.222. The molecule has 2 aromatic carbocycles. The van der Waals surface area contributed by atoms with E-state index >= 15 is 0 Å². The summed E-state index contributed by atoms with van der Waals surface area (Å²) in [5, 5.41) is 5.51. The van der Waals surface area contributed by atoms with E-state index < -0.39 is 6.03 Å². The Morgan fingerprint density at radius 3 is 2.30 bits per heavy atom. The van der Waals surface area contributed by atoms with Gasteiger partial charge < -0.3 is 16.4 Å². The van der Waals surface area contributed by atoms with E-state index in [1.54, 1.807) is 24.3 Å². The summed E-state index contributed by atoms with van der Waals surface area (Å²) in [6.45, 7) is 4.12. The molecule has 120 valence electrons. The van der Waals surface area contributed by atoms with E-state index in [2.05, 4.69) is 24.5 Å². The molecule has 0 fully saturated rings. The van der Waals surface area contributed by atoms with Crippen LogP contribution >= 0.6 is 0 Å². The third-order valence-corrected chi connectivity index (χ3v) is 3.50. The lowest BCUT2D eigenvalue weighted by molar-refractivity contribution is 0.0925. The van der Waals surface area contributed by atoms with E-state index in [0.717, 1.165) is 5.56 Å². The van der Waals surface area contributed by atoms with Crippen LogP contribution in [0.5, 0.6) is 0 Å². The molecule has 0 aliphatic heterocycles. The molecule has 0 radical (unpaired) electrons. The van der Waals surface area contributed by atoms with Crippen LogP contribution in [0.25, 0.3) is 0 Å². The maximum atomic E-state index is 12.5. The fourth-order valence-electron chi connectivity index (χ4n) is 2.40. The molecule has 4 N–H and O–H groups in total. The van der Waals surface area contributed by atoms with Crippen molar-refractivity contribution >= 4 is 17.6 Å². The van der Waals surface area contributed by atoms with E-state index in [-0.39, 0.29) is 17.9 Å². The van der Waals surface area contributed by atoms with Crippen LogP contribution in [0.2, 0.25) is 0 Å². The Morgan fingerprint density at radius 1 is 1.00 bits per heavy atom. The molecule has 0 saturated carbocycles. The number of urea groups is 1. The molecule has 0 heterocycles. The number of nitrogens with one attached hydrogen (secondary N) is 2. The van der Waals surface area contributed by atoms with E-state index in [1.165, 1.54) is 0 Å². The lowest BCUT2D eigenvalue weighted by Crippen LogP contribution is -2.31. The number of carbonyl (C=O) groups excluding carboxylic acids is 2. The monoisotopic (exact) mass is 311 g/mol. The average molecular weight is 311 g/mol.